The molecule has 0 bridgehead atoms. The second kappa shape index (κ2) is 8.29. The number of carbonyl (C=O) groups is 1. The first-order valence-corrected chi connectivity index (χ1v) is 4.01. The van der Waals surface area contributed by atoms with Crippen LogP contribution in [0.4, 0.5) is 4.79 Å². The summed E-state index contributed by atoms with van der Waals surface area (Å²) in [5, 5.41) is 11.5. The van der Waals surface area contributed by atoms with Gasteiger partial charge in [0, 0.05) is 13.2 Å². The summed E-state index contributed by atoms with van der Waals surface area (Å²) in [6, 6.07) is 0. The Morgan fingerprint density at radius 3 is 2.75 bits per heavy atom. The molecule has 0 atom stereocenters. The highest BCUT2D eigenvalue weighted by Gasteiger charge is 1.91. The molecule has 0 aliphatic carbocycles. The molecule has 0 saturated heterocycles. The number of nitrogens with one attached hydrogen (secondary N) is 1. The second-order valence-electron chi connectivity index (χ2n) is 2.35. The zero-order valence-electron chi connectivity index (χ0n) is 7.08. The van der Waals surface area contributed by atoms with Gasteiger partial charge in [-0.15, -0.1) is 0 Å². The summed E-state index contributed by atoms with van der Waals surface area (Å²) in [7, 11) is 0. The average molecular weight is 176 g/mol. The second-order valence-corrected chi connectivity index (χ2v) is 2.35. The Bertz CT molecular complexity index is 119. The maximum atomic E-state index is 10.1. The molecular weight excluding hydrogens is 160 g/mol. The van der Waals surface area contributed by atoms with Gasteiger partial charge in [-0.05, 0) is 19.4 Å². The largest absolute Gasteiger partial charge is 0.448 e. The minimum absolute atomic E-state index is 0.222. The number of rotatable bonds is 7. The molecule has 0 fully saturated rings. The highest BCUT2D eigenvalue weighted by Crippen LogP contribution is 1.82. The maximum absolute atomic E-state index is 10.1. The Morgan fingerprint density at radius 2 is 2.17 bits per heavy atom. The molecule has 5 nitrogen and oxygen atoms in total. The Morgan fingerprint density at radius 1 is 1.42 bits per heavy atom. The van der Waals surface area contributed by atoms with E-state index in [1.165, 1.54) is 0 Å². The van der Waals surface area contributed by atoms with Crippen molar-refractivity contribution < 1.29 is 14.6 Å². The highest BCUT2D eigenvalue weighted by atomic mass is 16.5. The molecule has 0 aromatic heterocycles. The van der Waals surface area contributed by atoms with Gasteiger partial charge in [-0.2, -0.15) is 0 Å². The number of hydrogen-bond acceptors (Lipinski definition) is 4. The molecule has 0 aliphatic rings. The van der Waals surface area contributed by atoms with Crippen LogP contribution in [0.2, 0.25) is 0 Å². The van der Waals surface area contributed by atoms with E-state index in [1.807, 2.05) is 0 Å². The third kappa shape index (κ3) is 9.19. The number of carbonyl (C=O) groups excluding carboxylic acids is 1. The van der Waals surface area contributed by atoms with E-state index in [-0.39, 0.29) is 6.61 Å². The summed E-state index contributed by atoms with van der Waals surface area (Å²) in [5.41, 5.74) is 4.73. The predicted molar refractivity (Wildman–Crippen MR) is 44.7 cm³/mol. The number of nitrogens with two attached hydrogens (primary N) is 1. The lowest BCUT2D eigenvalue weighted by Gasteiger charge is -2.03. The molecule has 0 unspecified atom stereocenters. The molecule has 0 radical (unpaired) electrons. The Labute approximate surface area is 71.9 Å². The van der Waals surface area contributed by atoms with E-state index < -0.39 is 6.09 Å². The molecule has 4 N–H and O–H groups in total. The van der Waals surface area contributed by atoms with Crippen LogP contribution in [-0.4, -0.2) is 37.5 Å². The number of amides is 1. The Kier molecular flexibility index (Phi) is 7.73. The van der Waals surface area contributed by atoms with Crippen molar-refractivity contribution >= 4 is 6.09 Å². The fraction of sp³-hybridized carbons (Fsp3) is 0.857. The predicted octanol–water partition coefficient (Wildman–Crippen LogP) is -0.556. The molecule has 0 spiro atoms. The van der Waals surface area contributed by atoms with Gasteiger partial charge in [0.2, 0.25) is 0 Å². The fourth-order valence-electron chi connectivity index (χ4n) is 0.711. The van der Waals surface area contributed by atoms with Crippen LogP contribution in [0, 0.1) is 0 Å². The van der Waals surface area contributed by atoms with Crippen LogP contribution in [0.15, 0.2) is 0 Å². The van der Waals surface area contributed by atoms with E-state index in [9.17, 15) is 4.79 Å². The van der Waals surface area contributed by atoms with Gasteiger partial charge in [0.05, 0.1) is 0 Å². The molecule has 0 aromatic rings. The average Bonchev–Trinajstić information content (AvgIpc) is 2.02. The molecule has 0 rings (SSSR count). The highest BCUT2D eigenvalue weighted by molar-refractivity contribution is 5.64. The summed E-state index contributed by atoms with van der Waals surface area (Å²) < 4.78 is 4.48. The van der Waals surface area contributed by atoms with Gasteiger partial charge >= 0.3 is 6.09 Å². The van der Waals surface area contributed by atoms with Crippen molar-refractivity contribution in [1.82, 2.24) is 5.32 Å². The molecule has 12 heavy (non-hydrogen) atoms. The van der Waals surface area contributed by atoms with E-state index in [0.717, 1.165) is 19.4 Å². The van der Waals surface area contributed by atoms with E-state index >= 15 is 0 Å². The monoisotopic (exact) mass is 176 g/mol. The summed E-state index contributed by atoms with van der Waals surface area (Å²) in [6.45, 7) is 1.95. The molecular formula is C7H16N2O3. The molecule has 0 aromatic carbocycles. The summed E-state index contributed by atoms with van der Waals surface area (Å²) in [5.74, 6) is 0. The van der Waals surface area contributed by atoms with Crippen molar-refractivity contribution in [2.24, 2.45) is 5.73 Å². The van der Waals surface area contributed by atoms with Gasteiger partial charge in [0.25, 0.3) is 0 Å². The van der Waals surface area contributed by atoms with Crippen molar-refractivity contribution in [3.63, 3.8) is 0 Å². The van der Waals surface area contributed by atoms with Gasteiger partial charge in [-0.3, -0.25) is 0 Å². The number of aliphatic hydroxyl groups is 1. The van der Waals surface area contributed by atoms with E-state index in [2.05, 4.69) is 10.1 Å². The van der Waals surface area contributed by atoms with Crippen LogP contribution >= 0.6 is 0 Å². The number of unbranched alkanes of at least 4 members (excludes halogenated alkanes) is 1. The normalized spacial score (nSPS) is 9.75. The molecule has 0 aliphatic heterocycles. The first-order valence-electron chi connectivity index (χ1n) is 4.01. The van der Waals surface area contributed by atoms with Crippen molar-refractivity contribution in [1.29, 1.82) is 0 Å². The summed E-state index contributed by atoms with van der Waals surface area (Å²) in [6.07, 6.45) is 0.976. The third-order valence-corrected chi connectivity index (χ3v) is 1.28. The minimum Gasteiger partial charge on any atom is -0.448 e. The van der Waals surface area contributed by atoms with Gasteiger partial charge < -0.3 is 20.9 Å². The van der Waals surface area contributed by atoms with Crippen LogP contribution < -0.4 is 11.1 Å². The number of hydrogen-bond donors (Lipinski definition) is 3. The Hall–Kier alpha value is -0.810. The van der Waals surface area contributed by atoms with E-state index in [4.69, 9.17) is 10.8 Å². The van der Waals surface area contributed by atoms with E-state index in [0.29, 0.717) is 13.2 Å². The lowest BCUT2D eigenvalue weighted by Crippen LogP contribution is -2.24. The Balaban J connectivity index is 2.86. The first kappa shape index (κ1) is 11.2. The minimum atomic E-state index is -0.743. The maximum Gasteiger partial charge on any atom is 0.404 e. The van der Waals surface area contributed by atoms with E-state index in [1.54, 1.807) is 0 Å². The number of primary amides is 1. The molecule has 5 heteroatoms. The van der Waals surface area contributed by atoms with Crippen molar-refractivity contribution in [3.8, 4) is 0 Å². The van der Waals surface area contributed by atoms with Crippen molar-refractivity contribution in [2.75, 3.05) is 26.3 Å². The molecule has 0 saturated carbocycles. The quantitative estimate of drug-likeness (QED) is 0.454. The molecule has 0 heterocycles. The molecule has 72 valence electrons. The van der Waals surface area contributed by atoms with Crippen LogP contribution in [0.3, 0.4) is 0 Å². The fourth-order valence-corrected chi connectivity index (χ4v) is 0.711. The lowest BCUT2D eigenvalue weighted by molar-refractivity contribution is 0.157. The van der Waals surface area contributed by atoms with Crippen molar-refractivity contribution in [2.45, 2.75) is 12.8 Å². The lowest BCUT2D eigenvalue weighted by atomic mass is 10.3. The summed E-state index contributed by atoms with van der Waals surface area (Å²) in [4.78, 5) is 10.1. The topological polar surface area (TPSA) is 84.6 Å². The zero-order valence-corrected chi connectivity index (χ0v) is 7.08. The van der Waals surface area contributed by atoms with Crippen LogP contribution in [0.25, 0.3) is 0 Å². The molecule has 1 amide bonds. The van der Waals surface area contributed by atoms with Crippen LogP contribution in [0.5, 0.6) is 0 Å². The smallest absolute Gasteiger partial charge is 0.404 e. The van der Waals surface area contributed by atoms with Crippen LogP contribution in [-0.2, 0) is 4.74 Å². The standard InChI is InChI=1S/C7H16N2O3/c8-7(11)12-6-4-9-3-1-2-5-10/h9-10H,1-6H2,(H2,8,11). The number of aliphatic hydroxyl groups excluding tert-OH is 1. The zero-order chi connectivity index (χ0) is 9.23. The summed E-state index contributed by atoms with van der Waals surface area (Å²) >= 11 is 0. The SMILES string of the molecule is NC(=O)OCCNCCCCO. The van der Waals surface area contributed by atoms with Crippen molar-refractivity contribution in [3.05, 3.63) is 0 Å². The first-order chi connectivity index (χ1) is 5.77. The van der Waals surface area contributed by atoms with Crippen LogP contribution in [0.1, 0.15) is 12.8 Å². The van der Waals surface area contributed by atoms with Gasteiger partial charge in [-0.1, -0.05) is 0 Å². The third-order valence-electron chi connectivity index (χ3n) is 1.28. The van der Waals surface area contributed by atoms with Gasteiger partial charge in [0.1, 0.15) is 6.61 Å². The van der Waals surface area contributed by atoms with Gasteiger partial charge in [0.15, 0.2) is 0 Å². The van der Waals surface area contributed by atoms with Gasteiger partial charge in [-0.25, -0.2) is 4.79 Å². The number of ether oxygens (including phenoxy) is 1.